The van der Waals surface area contributed by atoms with Crippen LogP contribution in [-0.2, 0) is 9.57 Å². The van der Waals surface area contributed by atoms with Gasteiger partial charge in [-0.1, -0.05) is 31.5 Å². The van der Waals surface area contributed by atoms with Crippen molar-refractivity contribution in [1.82, 2.24) is 10.4 Å². The van der Waals surface area contributed by atoms with E-state index in [1.54, 1.807) is 17.2 Å². The number of piperidine rings is 1. The number of benzene rings is 1. The van der Waals surface area contributed by atoms with Crippen molar-refractivity contribution < 1.29 is 19.2 Å². The van der Waals surface area contributed by atoms with Crippen LogP contribution in [0.4, 0.5) is 4.79 Å². The fraction of sp³-hybridized carbons (Fsp3) is 0.619. The molecule has 0 bridgehead atoms. The van der Waals surface area contributed by atoms with Gasteiger partial charge in [0, 0.05) is 19.4 Å². The van der Waals surface area contributed by atoms with Crippen molar-refractivity contribution in [3.63, 3.8) is 0 Å². The van der Waals surface area contributed by atoms with Crippen LogP contribution < -0.4 is 5.32 Å². The minimum absolute atomic E-state index is 0.245. The van der Waals surface area contributed by atoms with Crippen LogP contribution in [0, 0.1) is 0 Å². The maximum atomic E-state index is 12.4. The van der Waals surface area contributed by atoms with Crippen LogP contribution in [0.2, 0.25) is 0 Å². The van der Waals surface area contributed by atoms with Crippen molar-refractivity contribution in [1.29, 1.82) is 0 Å². The third kappa shape index (κ3) is 5.70. The smallest absolute Gasteiger partial charge is 0.426 e. The minimum atomic E-state index is -0.467. The molecule has 0 unspecified atom stereocenters. The van der Waals surface area contributed by atoms with Gasteiger partial charge in [0.15, 0.2) is 0 Å². The summed E-state index contributed by atoms with van der Waals surface area (Å²) in [5.74, 6) is -0.320. The highest BCUT2D eigenvalue weighted by Gasteiger charge is 2.49. The fourth-order valence-corrected chi connectivity index (χ4v) is 3.78. The van der Waals surface area contributed by atoms with Gasteiger partial charge in [0.2, 0.25) is 0 Å². The van der Waals surface area contributed by atoms with Gasteiger partial charge in [-0.15, -0.1) is 5.06 Å². The van der Waals surface area contributed by atoms with E-state index in [1.165, 1.54) is 0 Å². The van der Waals surface area contributed by atoms with Crippen molar-refractivity contribution in [2.75, 3.05) is 6.54 Å². The minimum Gasteiger partial charge on any atom is -0.459 e. The molecule has 0 saturated carbocycles. The van der Waals surface area contributed by atoms with Crippen molar-refractivity contribution in [2.45, 2.75) is 77.5 Å². The molecule has 1 fully saturated rings. The Kier molecular flexibility index (Phi) is 6.87. The Bertz CT molecular complexity index is 625. The standard InChI is InChI=1S/C21H32N2O4/c1-6-7-13-22-19(25)27-23-20(2,3)14-17(15-21(23,4)5)26-18(24)16-11-9-8-10-12-16/h8-12,17H,6-7,13-15H2,1-5H3,(H,22,25). The molecule has 6 heteroatoms. The molecule has 1 aliphatic heterocycles. The Morgan fingerprint density at radius 1 is 1.11 bits per heavy atom. The Morgan fingerprint density at radius 3 is 2.26 bits per heavy atom. The maximum absolute atomic E-state index is 12.4. The van der Waals surface area contributed by atoms with Gasteiger partial charge in [0.1, 0.15) is 6.10 Å². The van der Waals surface area contributed by atoms with Gasteiger partial charge < -0.3 is 14.9 Å². The molecule has 0 atom stereocenters. The first-order valence-electron chi connectivity index (χ1n) is 9.68. The lowest BCUT2D eigenvalue weighted by Crippen LogP contribution is -2.63. The van der Waals surface area contributed by atoms with Crippen LogP contribution in [0.3, 0.4) is 0 Å². The molecule has 1 saturated heterocycles. The predicted molar refractivity (Wildman–Crippen MR) is 104 cm³/mol. The third-order valence-electron chi connectivity index (χ3n) is 4.81. The molecular weight excluding hydrogens is 344 g/mol. The summed E-state index contributed by atoms with van der Waals surface area (Å²) in [6.07, 6.45) is 2.40. The van der Waals surface area contributed by atoms with Gasteiger partial charge in [0.25, 0.3) is 0 Å². The van der Waals surface area contributed by atoms with E-state index in [2.05, 4.69) is 12.2 Å². The van der Waals surface area contributed by atoms with Crippen molar-refractivity contribution in [3.05, 3.63) is 35.9 Å². The molecule has 1 aliphatic rings. The van der Waals surface area contributed by atoms with E-state index in [4.69, 9.17) is 9.57 Å². The van der Waals surface area contributed by atoms with Crippen molar-refractivity contribution >= 4 is 12.1 Å². The summed E-state index contributed by atoms with van der Waals surface area (Å²) in [6, 6.07) is 9.00. The highest BCUT2D eigenvalue weighted by Crippen LogP contribution is 2.40. The Balaban J connectivity index is 2.02. The SMILES string of the molecule is CCCCNC(=O)ON1C(C)(C)CC(OC(=O)c2ccccc2)CC1(C)C. The highest BCUT2D eigenvalue weighted by atomic mass is 16.7. The van der Waals surface area contributed by atoms with Gasteiger partial charge in [-0.2, -0.15) is 0 Å². The van der Waals surface area contributed by atoms with Crippen molar-refractivity contribution in [2.24, 2.45) is 0 Å². The Labute approximate surface area is 162 Å². The lowest BCUT2D eigenvalue weighted by atomic mass is 9.80. The maximum Gasteiger partial charge on any atom is 0.426 e. The number of unbranched alkanes of at least 4 members (excludes halogenated alkanes) is 1. The molecular formula is C21H32N2O4. The summed E-state index contributed by atoms with van der Waals surface area (Å²) >= 11 is 0. The summed E-state index contributed by atoms with van der Waals surface area (Å²) in [7, 11) is 0. The zero-order chi connectivity index (χ0) is 20.1. The second kappa shape index (κ2) is 8.74. The van der Waals surface area contributed by atoms with Gasteiger partial charge in [-0.3, -0.25) is 0 Å². The van der Waals surface area contributed by atoms with E-state index in [9.17, 15) is 9.59 Å². The van der Waals surface area contributed by atoms with Gasteiger partial charge in [-0.05, 0) is 46.2 Å². The lowest BCUT2D eigenvalue weighted by molar-refractivity contribution is -0.253. The van der Waals surface area contributed by atoms with E-state index in [0.717, 1.165) is 12.8 Å². The number of nitrogens with one attached hydrogen (secondary N) is 1. The van der Waals surface area contributed by atoms with Crippen LogP contribution in [0.15, 0.2) is 30.3 Å². The summed E-state index contributed by atoms with van der Waals surface area (Å²) in [4.78, 5) is 30.2. The number of ether oxygens (including phenoxy) is 1. The van der Waals surface area contributed by atoms with E-state index < -0.39 is 17.2 Å². The van der Waals surface area contributed by atoms with Gasteiger partial charge in [-0.25, -0.2) is 9.59 Å². The number of hydrogen-bond acceptors (Lipinski definition) is 5. The summed E-state index contributed by atoms with van der Waals surface area (Å²) in [5, 5.41) is 4.53. The van der Waals surface area contributed by atoms with Crippen LogP contribution in [0.5, 0.6) is 0 Å². The molecule has 1 aromatic carbocycles. The average molecular weight is 376 g/mol. The third-order valence-corrected chi connectivity index (χ3v) is 4.81. The topological polar surface area (TPSA) is 67.9 Å². The summed E-state index contributed by atoms with van der Waals surface area (Å²) < 4.78 is 5.76. The van der Waals surface area contributed by atoms with Crippen molar-refractivity contribution in [3.8, 4) is 0 Å². The number of amides is 1. The number of nitrogens with zero attached hydrogens (tertiary/aromatic N) is 1. The van der Waals surface area contributed by atoms with E-state index in [-0.39, 0.29) is 12.1 Å². The number of hydrogen-bond donors (Lipinski definition) is 1. The molecule has 150 valence electrons. The molecule has 1 N–H and O–H groups in total. The number of hydroxylamine groups is 2. The van der Waals surface area contributed by atoms with Crippen LogP contribution in [-0.4, -0.2) is 40.9 Å². The first-order chi connectivity index (χ1) is 12.7. The van der Waals surface area contributed by atoms with Gasteiger partial charge in [0.05, 0.1) is 16.6 Å². The first-order valence-corrected chi connectivity index (χ1v) is 9.68. The lowest BCUT2D eigenvalue weighted by Gasteiger charge is -2.52. The molecule has 0 aliphatic carbocycles. The van der Waals surface area contributed by atoms with E-state index in [0.29, 0.717) is 24.9 Å². The Hall–Kier alpha value is -2.08. The zero-order valence-corrected chi connectivity index (χ0v) is 17.1. The molecule has 2 rings (SSSR count). The summed E-state index contributed by atoms with van der Waals surface area (Å²) in [6.45, 7) is 10.7. The van der Waals surface area contributed by atoms with E-state index in [1.807, 2.05) is 45.9 Å². The number of carbonyl (C=O) groups is 2. The molecule has 1 aromatic rings. The molecule has 1 heterocycles. The monoisotopic (exact) mass is 376 g/mol. The molecule has 27 heavy (non-hydrogen) atoms. The number of esters is 1. The molecule has 1 amide bonds. The molecule has 0 spiro atoms. The van der Waals surface area contributed by atoms with Crippen LogP contribution in [0.25, 0.3) is 0 Å². The van der Waals surface area contributed by atoms with Crippen LogP contribution in [0.1, 0.15) is 70.7 Å². The first kappa shape index (κ1) is 21.2. The average Bonchev–Trinajstić information content (AvgIpc) is 2.58. The second-order valence-corrected chi connectivity index (χ2v) is 8.38. The number of rotatable bonds is 6. The second-order valence-electron chi connectivity index (χ2n) is 8.38. The molecule has 6 nitrogen and oxygen atoms in total. The highest BCUT2D eigenvalue weighted by molar-refractivity contribution is 5.89. The zero-order valence-electron chi connectivity index (χ0n) is 17.1. The quantitative estimate of drug-likeness (QED) is 0.592. The molecule has 0 radical (unpaired) electrons. The largest absolute Gasteiger partial charge is 0.459 e. The number of carbonyl (C=O) groups excluding carboxylic acids is 2. The van der Waals surface area contributed by atoms with E-state index >= 15 is 0 Å². The van der Waals surface area contributed by atoms with Crippen LogP contribution >= 0.6 is 0 Å². The predicted octanol–water partition coefficient (Wildman–Crippen LogP) is 4.31. The summed E-state index contributed by atoms with van der Waals surface area (Å²) in [5.41, 5.74) is -0.390. The van der Waals surface area contributed by atoms with Gasteiger partial charge >= 0.3 is 12.1 Å². The fourth-order valence-electron chi connectivity index (χ4n) is 3.78. The normalized spacial score (nSPS) is 19.3. The molecule has 0 aromatic heterocycles. The Morgan fingerprint density at radius 2 is 1.70 bits per heavy atom.